The summed E-state index contributed by atoms with van der Waals surface area (Å²) in [5.74, 6) is 1.58. The Hall–Kier alpha value is -0.670. The minimum atomic E-state index is -0.440. The standard InChI is InChI=1S/C22H33FO2/c1-13-10-15-16-4-5-18(20(23)12-24)21(16,2)9-7-17(15)22(3)8-6-14(25)11-19(13)22/h14-17,24-25H,4-12H2,1-3H3/t14-,15-,16-,17-,21-,22+/m0/s1. The first kappa shape index (κ1) is 17.7. The van der Waals surface area contributed by atoms with E-state index in [1.165, 1.54) is 11.1 Å². The molecule has 0 amide bonds. The molecule has 0 radical (unpaired) electrons. The lowest BCUT2D eigenvalue weighted by Crippen LogP contribution is -2.50. The molecular formula is C22H33FO2. The van der Waals surface area contributed by atoms with Crippen molar-refractivity contribution in [3.05, 3.63) is 22.5 Å². The zero-order valence-electron chi connectivity index (χ0n) is 15.9. The normalized spacial score (nSPS) is 48.7. The SMILES string of the molecule is CC1=C2C[C@@H](O)CC[C@]2(C)[C@H]2CC[C@]3(C)C(=C(F)CO)CC[C@H]3[C@@H]2C1. The van der Waals surface area contributed by atoms with Crippen LogP contribution in [0.2, 0.25) is 0 Å². The monoisotopic (exact) mass is 348 g/mol. The van der Waals surface area contributed by atoms with E-state index in [1.54, 1.807) is 0 Å². The third-order valence-electron chi connectivity index (χ3n) is 8.69. The molecule has 0 spiro atoms. The molecule has 3 fully saturated rings. The highest BCUT2D eigenvalue weighted by Crippen LogP contribution is 2.67. The molecule has 0 aromatic rings. The Labute approximate surface area is 151 Å². The van der Waals surface area contributed by atoms with E-state index in [-0.39, 0.29) is 22.8 Å². The second kappa shape index (κ2) is 5.92. The van der Waals surface area contributed by atoms with Gasteiger partial charge in [-0.1, -0.05) is 25.0 Å². The van der Waals surface area contributed by atoms with Crippen molar-refractivity contribution in [2.24, 2.45) is 28.6 Å². The Morgan fingerprint density at radius 2 is 1.76 bits per heavy atom. The fraction of sp³-hybridized carbons (Fsp3) is 0.818. The molecule has 3 saturated carbocycles. The summed E-state index contributed by atoms with van der Waals surface area (Å²) in [5, 5.41) is 19.5. The molecule has 2 nitrogen and oxygen atoms in total. The number of rotatable bonds is 1. The molecule has 0 saturated heterocycles. The van der Waals surface area contributed by atoms with Crippen LogP contribution in [-0.4, -0.2) is 22.9 Å². The molecule has 6 atom stereocenters. The minimum absolute atomic E-state index is 0.0592. The second-order valence-corrected chi connectivity index (χ2v) is 9.69. The van der Waals surface area contributed by atoms with Crippen LogP contribution in [0.3, 0.4) is 0 Å². The Bertz CT molecular complexity index is 636. The first-order chi connectivity index (χ1) is 11.8. The molecule has 2 N–H and O–H groups in total. The van der Waals surface area contributed by atoms with Gasteiger partial charge in [0.25, 0.3) is 0 Å². The van der Waals surface area contributed by atoms with Gasteiger partial charge >= 0.3 is 0 Å². The molecule has 0 unspecified atom stereocenters. The van der Waals surface area contributed by atoms with Crippen LogP contribution in [0, 0.1) is 28.6 Å². The van der Waals surface area contributed by atoms with E-state index in [9.17, 15) is 14.6 Å². The highest BCUT2D eigenvalue weighted by atomic mass is 19.1. The molecule has 4 aliphatic carbocycles. The van der Waals surface area contributed by atoms with Crippen LogP contribution >= 0.6 is 0 Å². The summed E-state index contributed by atoms with van der Waals surface area (Å²) in [5.41, 5.74) is 4.11. The van der Waals surface area contributed by atoms with Gasteiger partial charge in [0.05, 0.1) is 12.7 Å². The summed E-state index contributed by atoms with van der Waals surface area (Å²) >= 11 is 0. The van der Waals surface area contributed by atoms with Gasteiger partial charge in [-0.15, -0.1) is 0 Å². The van der Waals surface area contributed by atoms with Crippen molar-refractivity contribution in [2.75, 3.05) is 6.61 Å². The number of hydrogen-bond acceptors (Lipinski definition) is 2. The third-order valence-corrected chi connectivity index (χ3v) is 8.69. The Morgan fingerprint density at radius 1 is 1.08 bits per heavy atom. The van der Waals surface area contributed by atoms with Gasteiger partial charge in [-0.05, 0) is 92.4 Å². The number of allylic oxidation sites excluding steroid dienone is 2. The first-order valence-corrected chi connectivity index (χ1v) is 10.2. The van der Waals surface area contributed by atoms with Crippen molar-refractivity contribution in [3.63, 3.8) is 0 Å². The van der Waals surface area contributed by atoms with Crippen molar-refractivity contribution in [1.82, 2.24) is 0 Å². The maximum atomic E-state index is 14.3. The Morgan fingerprint density at radius 3 is 2.48 bits per heavy atom. The Kier molecular flexibility index (Phi) is 4.20. The van der Waals surface area contributed by atoms with Crippen LogP contribution in [0.25, 0.3) is 0 Å². The van der Waals surface area contributed by atoms with E-state index >= 15 is 0 Å². The molecule has 3 heteroatoms. The average molecular weight is 349 g/mol. The van der Waals surface area contributed by atoms with E-state index in [2.05, 4.69) is 20.8 Å². The summed E-state index contributed by atoms with van der Waals surface area (Å²) in [6, 6.07) is 0. The average Bonchev–Trinajstić information content (AvgIpc) is 2.93. The number of aliphatic hydroxyl groups excluding tert-OH is 2. The van der Waals surface area contributed by atoms with Gasteiger partial charge in [-0.25, -0.2) is 4.39 Å². The van der Waals surface area contributed by atoms with Gasteiger partial charge in [-0.3, -0.25) is 0 Å². The fourth-order valence-corrected chi connectivity index (χ4v) is 7.45. The minimum Gasteiger partial charge on any atom is -0.393 e. The van der Waals surface area contributed by atoms with E-state index in [1.807, 2.05) is 0 Å². The molecule has 0 heterocycles. The van der Waals surface area contributed by atoms with Gasteiger partial charge in [0.2, 0.25) is 0 Å². The number of halogens is 1. The van der Waals surface area contributed by atoms with E-state index in [0.29, 0.717) is 17.8 Å². The lowest BCUT2D eigenvalue weighted by atomic mass is 9.46. The topological polar surface area (TPSA) is 40.5 Å². The summed E-state index contributed by atoms with van der Waals surface area (Å²) in [6.45, 7) is 6.53. The van der Waals surface area contributed by atoms with E-state index in [4.69, 9.17) is 0 Å². The van der Waals surface area contributed by atoms with Gasteiger partial charge in [0.15, 0.2) is 0 Å². The second-order valence-electron chi connectivity index (χ2n) is 9.69. The summed E-state index contributed by atoms with van der Waals surface area (Å²) in [4.78, 5) is 0. The zero-order chi connectivity index (χ0) is 18.0. The third kappa shape index (κ3) is 2.41. The summed E-state index contributed by atoms with van der Waals surface area (Å²) < 4.78 is 14.3. The van der Waals surface area contributed by atoms with Crippen LogP contribution < -0.4 is 0 Å². The maximum absolute atomic E-state index is 14.3. The molecule has 0 aromatic carbocycles. The molecule has 4 aliphatic rings. The highest BCUT2D eigenvalue weighted by molar-refractivity contribution is 5.33. The lowest BCUT2D eigenvalue weighted by molar-refractivity contribution is -0.0304. The molecule has 0 bridgehead atoms. The number of fused-ring (bicyclic) bond motifs is 5. The molecule has 25 heavy (non-hydrogen) atoms. The Balaban J connectivity index is 1.72. The molecule has 4 rings (SSSR count). The van der Waals surface area contributed by atoms with E-state index < -0.39 is 6.61 Å². The molecular weight excluding hydrogens is 315 g/mol. The van der Waals surface area contributed by atoms with Gasteiger partial charge in [-0.2, -0.15) is 0 Å². The fourth-order valence-electron chi connectivity index (χ4n) is 7.45. The highest BCUT2D eigenvalue weighted by Gasteiger charge is 2.58. The molecule has 140 valence electrons. The predicted octanol–water partition coefficient (Wildman–Crippen LogP) is 4.92. The van der Waals surface area contributed by atoms with Gasteiger partial charge < -0.3 is 10.2 Å². The van der Waals surface area contributed by atoms with Crippen LogP contribution in [0.4, 0.5) is 4.39 Å². The molecule has 0 aliphatic heterocycles. The van der Waals surface area contributed by atoms with Crippen molar-refractivity contribution >= 4 is 0 Å². The van der Waals surface area contributed by atoms with Crippen LogP contribution in [-0.2, 0) is 0 Å². The van der Waals surface area contributed by atoms with Crippen molar-refractivity contribution < 1.29 is 14.6 Å². The molecule has 0 aromatic heterocycles. The van der Waals surface area contributed by atoms with Crippen molar-refractivity contribution in [1.29, 1.82) is 0 Å². The first-order valence-electron chi connectivity index (χ1n) is 10.2. The zero-order valence-corrected chi connectivity index (χ0v) is 15.9. The number of hydrogen-bond donors (Lipinski definition) is 2. The van der Waals surface area contributed by atoms with Crippen LogP contribution in [0.1, 0.15) is 72.1 Å². The van der Waals surface area contributed by atoms with Crippen molar-refractivity contribution in [3.8, 4) is 0 Å². The summed E-state index contributed by atoms with van der Waals surface area (Å²) in [7, 11) is 0. The predicted molar refractivity (Wildman–Crippen MR) is 97.5 cm³/mol. The van der Waals surface area contributed by atoms with Gasteiger partial charge in [0, 0.05) is 0 Å². The lowest BCUT2D eigenvalue weighted by Gasteiger charge is -2.58. The maximum Gasteiger partial charge on any atom is 0.125 e. The van der Waals surface area contributed by atoms with Crippen LogP contribution in [0.5, 0.6) is 0 Å². The van der Waals surface area contributed by atoms with Crippen molar-refractivity contribution in [2.45, 2.75) is 78.2 Å². The quantitative estimate of drug-likeness (QED) is 0.661. The van der Waals surface area contributed by atoms with Crippen LogP contribution in [0.15, 0.2) is 22.5 Å². The summed E-state index contributed by atoms with van der Waals surface area (Å²) in [6.07, 6.45) is 7.93. The largest absolute Gasteiger partial charge is 0.393 e. The van der Waals surface area contributed by atoms with Gasteiger partial charge in [0.1, 0.15) is 5.83 Å². The number of aliphatic hydroxyl groups is 2. The smallest absolute Gasteiger partial charge is 0.125 e. The van der Waals surface area contributed by atoms with E-state index in [0.717, 1.165) is 56.9 Å².